The second kappa shape index (κ2) is 8.40. The van der Waals surface area contributed by atoms with Crippen LogP contribution >= 0.6 is 11.8 Å². The molecule has 102 valence electrons. The lowest BCUT2D eigenvalue weighted by Gasteiger charge is -2.17. The summed E-state index contributed by atoms with van der Waals surface area (Å²) in [5.74, 6) is 1.77. The summed E-state index contributed by atoms with van der Waals surface area (Å²) in [7, 11) is 1.67. The Morgan fingerprint density at radius 2 is 1.94 bits per heavy atom. The monoisotopic (exact) mass is 269 g/mol. The Bertz CT molecular complexity index is 344. The fraction of sp³-hybridized carbons (Fsp3) is 0.571. The first-order chi connectivity index (χ1) is 8.65. The molecule has 0 radical (unpaired) electrons. The van der Waals surface area contributed by atoms with Crippen molar-refractivity contribution in [3.05, 3.63) is 29.8 Å². The number of benzene rings is 1. The molecule has 0 aliphatic heterocycles. The molecule has 0 spiro atoms. The molecule has 1 atom stereocenters. The van der Waals surface area contributed by atoms with Gasteiger partial charge in [0.05, 0.1) is 6.61 Å². The zero-order valence-electron chi connectivity index (χ0n) is 11.4. The summed E-state index contributed by atoms with van der Waals surface area (Å²) in [5.41, 5.74) is 7.29. The van der Waals surface area contributed by atoms with Crippen LogP contribution in [0.4, 0.5) is 0 Å². The molecule has 2 N–H and O–H groups in total. The number of ether oxygens (including phenoxy) is 2. The highest BCUT2D eigenvalue weighted by molar-refractivity contribution is 7.99. The van der Waals surface area contributed by atoms with Crippen molar-refractivity contribution in [2.45, 2.75) is 25.1 Å². The molecule has 0 heterocycles. The first-order valence-corrected chi connectivity index (χ1v) is 7.28. The Hall–Kier alpha value is -0.710. The molecule has 1 aromatic rings. The summed E-state index contributed by atoms with van der Waals surface area (Å²) >= 11 is 1.87. The topological polar surface area (TPSA) is 44.5 Å². The van der Waals surface area contributed by atoms with Crippen molar-refractivity contribution in [1.82, 2.24) is 0 Å². The van der Waals surface area contributed by atoms with Crippen LogP contribution in [-0.2, 0) is 4.74 Å². The van der Waals surface area contributed by atoms with E-state index in [0.29, 0.717) is 18.5 Å². The lowest BCUT2D eigenvalue weighted by molar-refractivity contribution is 0.145. The highest BCUT2D eigenvalue weighted by Gasteiger charge is 2.12. The molecule has 0 aromatic heterocycles. The summed E-state index contributed by atoms with van der Waals surface area (Å²) in [6.07, 6.45) is 0. The van der Waals surface area contributed by atoms with Gasteiger partial charge in [0.15, 0.2) is 0 Å². The number of rotatable bonds is 8. The third-order valence-corrected chi connectivity index (χ3v) is 3.69. The van der Waals surface area contributed by atoms with Gasteiger partial charge in [-0.05, 0) is 11.3 Å². The van der Waals surface area contributed by atoms with E-state index in [1.165, 1.54) is 0 Å². The lowest BCUT2D eigenvalue weighted by atomic mass is 10.1. The molecular weight excluding hydrogens is 246 g/mol. The fourth-order valence-electron chi connectivity index (χ4n) is 1.54. The Morgan fingerprint density at radius 3 is 2.61 bits per heavy atom. The van der Waals surface area contributed by atoms with Crippen LogP contribution in [0, 0.1) is 0 Å². The van der Waals surface area contributed by atoms with E-state index in [-0.39, 0.29) is 6.04 Å². The summed E-state index contributed by atoms with van der Waals surface area (Å²) < 4.78 is 10.7. The normalized spacial score (nSPS) is 12.7. The fourth-order valence-corrected chi connectivity index (χ4v) is 2.31. The number of thioether (sulfide) groups is 1. The second-order valence-electron chi connectivity index (χ2n) is 4.37. The van der Waals surface area contributed by atoms with Crippen molar-refractivity contribution in [3.63, 3.8) is 0 Å². The standard InChI is InChI=1S/C14H23NO2S/c1-11(2)18-10-13(15)12-6-4-5-7-14(12)17-9-8-16-3/h4-7,11,13H,8-10,15H2,1-3H3. The molecule has 0 saturated carbocycles. The van der Waals surface area contributed by atoms with E-state index in [9.17, 15) is 0 Å². The zero-order chi connectivity index (χ0) is 13.4. The van der Waals surface area contributed by atoms with Crippen LogP contribution in [0.25, 0.3) is 0 Å². The van der Waals surface area contributed by atoms with Crippen molar-refractivity contribution in [3.8, 4) is 5.75 Å². The molecule has 1 aromatic carbocycles. The van der Waals surface area contributed by atoms with Gasteiger partial charge in [-0.15, -0.1) is 0 Å². The Morgan fingerprint density at radius 1 is 1.22 bits per heavy atom. The average molecular weight is 269 g/mol. The summed E-state index contributed by atoms with van der Waals surface area (Å²) in [6.45, 7) is 5.50. The van der Waals surface area contributed by atoms with Crippen molar-refractivity contribution < 1.29 is 9.47 Å². The Labute approximate surface area is 114 Å². The third-order valence-electron chi connectivity index (χ3n) is 2.47. The van der Waals surface area contributed by atoms with E-state index in [1.807, 2.05) is 36.0 Å². The van der Waals surface area contributed by atoms with E-state index in [1.54, 1.807) is 7.11 Å². The lowest BCUT2D eigenvalue weighted by Crippen LogP contribution is -2.16. The SMILES string of the molecule is COCCOc1ccccc1C(N)CSC(C)C. The molecule has 1 rings (SSSR count). The molecule has 0 aliphatic carbocycles. The molecule has 0 amide bonds. The molecule has 4 heteroatoms. The third kappa shape index (κ3) is 5.29. The van der Waals surface area contributed by atoms with E-state index >= 15 is 0 Å². The molecule has 18 heavy (non-hydrogen) atoms. The Balaban J connectivity index is 2.62. The highest BCUT2D eigenvalue weighted by Crippen LogP contribution is 2.27. The maximum Gasteiger partial charge on any atom is 0.124 e. The van der Waals surface area contributed by atoms with Gasteiger partial charge in [0.1, 0.15) is 12.4 Å². The van der Waals surface area contributed by atoms with Gasteiger partial charge in [-0.2, -0.15) is 11.8 Å². The Kier molecular flexibility index (Phi) is 7.16. The number of para-hydroxylation sites is 1. The van der Waals surface area contributed by atoms with E-state index in [4.69, 9.17) is 15.2 Å². The molecule has 0 aliphatic rings. The summed E-state index contributed by atoms with van der Waals surface area (Å²) in [4.78, 5) is 0. The molecule has 0 bridgehead atoms. The van der Waals surface area contributed by atoms with Crippen LogP contribution in [-0.4, -0.2) is 31.3 Å². The predicted molar refractivity (Wildman–Crippen MR) is 78.3 cm³/mol. The maximum atomic E-state index is 6.22. The number of nitrogens with two attached hydrogens (primary N) is 1. The van der Waals surface area contributed by atoms with Crippen LogP contribution in [0.1, 0.15) is 25.5 Å². The van der Waals surface area contributed by atoms with E-state index in [0.717, 1.165) is 17.1 Å². The molecule has 3 nitrogen and oxygen atoms in total. The second-order valence-corrected chi connectivity index (χ2v) is 5.98. The minimum atomic E-state index is 0.0103. The quantitative estimate of drug-likeness (QED) is 0.737. The van der Waals surface area contributed by atoms with Crippen molar-refractivity contribution in [2.75, 3.05) is 26.1 Å². The molecular formula is C14H23NO2S. The van der Waals surface area contributed by atoms with Gasteiger partial charge in [0, 0.05) is 24.5 Å². The number of methoxy groups -OCH3 is 1. The van der Waals surface area contributed by atoms with E-state index in [2.05, 4.69) is 13.8 Å². The van der Waals surface area contributed by atoms with Crippen molar-refractivity contribution in [1.29, 1.82) is 0 Å². The van der Waals surface area contributed by atoms with E-state index < -0.39 is 0 Å². The van der Waals surface area contributed by atoms with Crippen LogP contribution in [0.5, 0.6) is 5.75 Å². The van der Waals surface area contributed by atoms with Gasteiger partial charge < -0.3 is 15.2 Å². The maximum absolute atomic E-state index is 6.22. The zero-order valence-corrected chi connectivity index (χ0v) is 12.2. The van der Waals surface area contributed by atoms with Crippen LogP contribution in [0.2, 0.25) is 0 Å². The number of hydrogen-bond acceptors (Lipinski definition) is 4. The van der Waals surface area contributed by atoms with Crippen LogP contribution in [0.15, 0.2) is 24.3 Å². The summed E-state index contributed by atoms with van der Waals surface area (Å²) in [5, 5.41) is 0.595. The average Bonchev–Trinajstić information content (AvgIpc) is 2.37. The van der Waals surface area contributed by atoms with Gasteiger partial charge in [-0.25, -0.2) is 0 Å². The van der Waals surface area contributed by atoms with Gasteiger partial charge in [-0.3, -0.25) is 0 Å². The van der Waals surface area contributed by atoms with Gasteiger partial charge in [-0.1, -0.05) is 32.0 Å². The van der Waals surface area contributed by atoms with Gasteiger partial charge in [0.25, 0.3) is 0 Å². The molecule has 0 fully saturated rings. The highest BCUT2D eigenvalue weighted by atomic mass is 32.2. The summed E-state index contributed by atoms with van der Waals surface area (Å²) in [6, 6.07) is 7.97. The largest absolute Gasteiger partial charge is 0.491 e. The van der Waals surface area contributed by atoms with Crippen molar-refractivity contribution in [2.24, 2.45) is 5.73 Å². The van der Waals surface area contributed by atoms with Crippen molar-refractivity contribution >= 4 is 11.8 Å². The minimum absolute atomic E-state index is 0.0103. The minimum Gasteiger partial charge on any atom is -0.491 e. The molecule has 1 unspecified atom stereocenters. The van der Waals surface area contributed by atoms with Gasteiger partial charge in [0.2, 0.25) is 0 Å². The predicted octanol–water partition coefficient (Wildman–Crippen LogP) is 2.85. The molecule has 0 saturated heterocycles. The van der Waals surface area contributed by atoms with Crippen LogP contribution in [0.3, 0.4) is 0 Å². The first kappa shape index (κ1) is 15.3. The number of hydrogen-bond donors (Lipinski definition) is 1. The first-order valence-electron chi connectivity index (χ1n) is 6.23. The van der Waals surface area contributed by atoms with Gasteiger partial charge >= 0.3 is 0 Å². The van der Waals surface area contributed by atoms with Crippen LogP contribution < -0.4 is 10.5 Å². The smallest absolute Gasteiger partial charge is 0.124 e.